The fourth-order valence-corrected chi connectivity index (χ4v) is 2.64. The first-order chi connectivity index (χ1) is 10.5. The standard InChI is InChI=1S/C18H22N2O2/c1-12-6-8-14(9-7-12)17(19-3)18-13(2)10-15(20(18)4)11-16(21)22-5/h6-10H,11H2,1-5H3. The molecule has 0 fully saturated rings. The summed E-state index contributed by atoms with van der Waals surface area (Å²) in [5, 5.41) is 0. The van der Waals surface area contributed by atoms with Crippen LogP contribution in [0.3, 0.4) is 0 Å². The fraction of sp³-hybridized carbons (Fsp3) is 0.333. The Balaban J connectivity index is 2.46. The van der Waals surface area contributed by atoms with Crippen LogP contribution >= 0.6 is 0 Å². The summed E-state index contributed by atoms with van der Waals surface area (Å²) in [6.07, 6.45) is 0.263. The Morgan fingerprint density at radius 2 is 1.86 bits per heavy atom. The van der Waals surface area contributed by atoms with E-state index in [2.05, 4.69) is 36.2 Å². The van der Waals surface area contributed by atoms with Crippen LogP contribution in [0.4, 0.5) is 0 Å². The largest absolute Gasteiger partial charge is 0.469 e. The molecule has 0 amide bonds. The Morgan fingerprint density at radius 1 is 1.23 bits per heavy atom. The first kappa shape index (κ1) is 16.0. The van der Waals surface area contributed by atoms with Gasteiger partial charge in [0.2, 0.25) is 0 Å². The predicted octanol–water partition coefficient (Wildman–Crippen LogP) is 2.82. The van der Waals surface area contributed by atoms with Crippen LogP contribution in [0.5, 0.6) is 0 Å². The van der Waals surface area contributed by atoms with Crippen molar-refractivity contribution >= 4 is 11.7 Å². The number of benzene rings is 1. The van der Waals surface area contributed by atoms with Crippen LogP contribution < -0.4 is 0 Å². The molecule has 2 aromatic rings. The van der Waals surface area contributed by atoms with Crippen molar-refractivity contribution in [3.05, 3.63) is 58.4 Å². The number of nitrogens with zero attached hydrogens (tertiary/aromatic N) is 2. The zero-order valence-electron chi connectivity index (χ0n) is 13.8. The lowest BCUT2D eigenvalue weighted by atomic mass is 10.0. The number of carbonyl (C=O) groups excluding carboxylic acids is 1. The van der Waals surface area contributed by atoms with Crippen molar-refractivity contribution < 1.29 is 9.53 Å². The number of ether oxygens (including phenoxy) is 1. The van der Waals surface area contributed by atoms with Crippen molar-refractivity contribution in [2.45, 2.75) is 20.3 Å². The average Bonchev–Trinajstić information content (AvgIpc) is 2.77. The smallest absolute Gasteiger partial charge is 0.311 e. The van der Waals surface area contributed by atoms with Gasteiger partial charge < -0.3 is 9.30 Å². The predicted molar refractivity (Wildman–Crippen MR) is 88.6 cm³/mol. The molecule has 0 atom stereocenters. The maximum atomic E-state index is 11.5. The lowest BCUT2D eigenvalue weighted by Crippen LogP contribution is -2.14. The molecule has 0 radical (unpaired) electrons. The normalized spacial score (nSPS) is 11.6. The first-order valence-corrected chi connectivity index (χ1v) is 7.24. The number of hydrogen-bond acceptors (Lipinski definition) is 3. The number of hydrogen-bond donors (Lipinski definition) is 0. The summed E-state index contributed by atoms with van der Waals surface area (Å²) >= 11 is 0. The van der Waals surface area contributed by atoms with Gasteiger partial charge in [0.25, 0.3) is 0 Å². The van der Waals surface area contributed by atoms with Gasteiger partial charge in [-0.1, -0.05) is 29.8 Å². The lowest BCUT2D eigenvalue weighted by molar-refractivity contribution is -0.139. The Labute approximate surface area is 131 Å². The molecular weight excluding hydrogens is 276 g/mol. The van der Waals surface area contributed by atoms with Gasteiger partial charge in [0.05, 0.1) is 24.9 Å². The Bertz CT molecular complexity index is 709. The minimum atomic E-state index is -0.238. The average molecular weight is 298 g/mol. The highest BCUT2D eigenvalue weighted by Gasteiger charge is 2.17. The van der Waals surface area contributed by atoms with Crippen molar-refractivity contribution in [2.75, 3.05) is 14.2 Å². The lowest BCUT2D eigenvalue weighted by Gasteiger charge is -2.11. The van der Waals surface area contributed by atoms with Crippen LogP contribution in [0.15, 0.2) is 35.3 Å². The van der Waals surface area contributed by atoms with E-state index in [1.165, 1.54) is 12.7 Å². The monoisotopic (exact) mass is 298 g/mol. The summed E-state index contributed by atoms with van der Waals surface area (Å²) in [6.45, 7) is 4.10. The number of aliphatic imine (C=N–C) groups is 1. The fourth-order valence-electron chi connectivity index (χ4n) is 2.64. The van der Waals surface area contributed by atoms with Gasteiger partial charge in [0, 0.05) is 25.4 Å². The number of rotatable bonds is 4. The SMILES string of the molecule is CN=C(c1ccc(C)cc1)c1c(C)cc(CC(=O)OC)n1C. The quantitative estimate of drug-likeness (QED) is 0.643. The van der Waals surface area contributed by atoms with E-state index in [9.17, 15) is 4.79 Å². The summed E-state index contributed by atoms with van der Waals surface area (Å²) in [5.41, 5.74) is 6.27. The second-order valence-corrected chi connectivity index (χ2v) is 5.42. The molecule has 0 aliphatic carbocycles. The number of aromatic nitrogens is 1. The van der Waals surface area contributed by atoms with Gasteiger partial charge >= 0.3 is 5.97 Å². The third-order valence-electron chi connectivity index (χ3n) is 3.85. The zero-order chi connectivity index (χ0) is 16.3. The second-order valence-electron chi connectivity index (χ2n) is 5.42. The van der Waals surface area contributed by atoms with E-state index in [1.807, 2.05) is 24.6 Å². The maximum absolute atomic E-state index is 11.5. The Kier molecular flexibility index (Phi) is 4.81. The van der Waals surface area contributed by atoms with E-state index in [4.69, 9.17) is 4.74 Å². The molecule has 1 aromatic heterocycles. The van der Waals surface area contributed by atoms with Crippen LogP contribution in [-0.2, 0) is 23.0 Å². The van der Waals surface area contributed by atoms with E-state index >= 15 is 0 Å². The first-order valence-electron chi connectivity index (χ1n) is 7.24. The number of esters is 1. The van der Waals surface area contributed by atoms with Crippen molar-refractivity contribution in [1.82, 2.24) is 4.57 Å². The second kappa shape index (κ2) is 6.60. The van der Waals surface area contributed by atoms with Gasteiger partial charge in [-0.05, 0) is 25.5 Å². The molecule has 0 aliphatic heterocycles. The third kappa shape index (κ3) is 3.11. The molecule has 22 heavy (non-hydrogen) atoms. The molecule has 0 aliphatic rings. The number of carbonyl (C=O) groups is 1. The van der Waals surface area contributed by atoms with E-state index in [1.54, 1.807) is 7.05 Å². The molecule has 0 spiro atoms. The van der Waals surface area contributed by atoms with E-state index in [0.717, 1.165) is 28.2 Å². The number of methoxy groups -OCH3 is 1. The third-order valence-corrected chi connectivity index (χ3v) is 3.85. The molecule has 4 heteroatoms. The van der Waals surface area contributed by atoms with Crippen LogP contribution in [0, 0.1) is 13.8 Å². The maximum Gasteiger partial charge on any atom is 0.311 e. The molecule has 116 valence electrons. The highest BCUT2D eigenvalue weighted by molar-refractivity contribution is 6.12. The van der Waals surface area contributed by atoms with Gasteiger partial charge in [-0.25, -0.2) is 0 Å². The van der Waals surface area contributed by atoms with Crippen LogP contribution in [-0.4, -0.2) is 30.4 Å². The van der Waals surface area contributed by atoms with Crippen LogP contribution in [0.2, 0.25) is 0 Å². The van der Waals surface area contributed by atoms with Crippen LogP contribution in [0.1, 0.15) is 28.1 Å². The van der Waals surface area contributed by atoms with Crippen molar-refractivity contribution in [1.29, 1.82) is 0 Å². The minimum Gasteiger partial charge on any atom is -0.469 e. The summed E-state index contributed by atoms with van der Waals surface area (Å²) in [4.78, 5) is 16.0. The zero-order valence-corrected chi connectivity index (χ0v) is 13.8. The molecule has 2 rings (SSSR count). The van der Waals surface area contributed by atoms with Crippen LogP contribution in [0.25, 0.3) is 0 Å². The van der Waals surface area contributed by atoms with Gasteiger partial charge in [-0.3, -0.25) is 9.79 Å². The topological polar surface area (TPSA) is 43.6 Å². The molecule has 0 N–H and O–H groups in total. The molecule has 0 saturated carbocycles. The molecule has 0 saturated heterocycles. The Hall–Kier alpha value is -2.36. The Morgan fingerprint density at radius 3 is 2.41 bits per heavy atom. The van der Waals surface area contributed by atoms with E-state index in [-0.39, 0.29) is 12.4 Å². The highest BCUT2D eigenvalue weighted by atomic mass is 16.5. The molecule has 1 heterocycles. The summed E-state index contributed by atoms with van der Waals surface area (Å²) < 4.78 is 6.78. The van der Waals surface area contributed by atoms with Gasteiger partial charge in [0.1, 0.15) is 0 Å². The molecule has 4 nitrogen and oxygen atoms in total. The summed E-state index contributed by atoms with van der Waals surface area (Å²) in [6, 6.07) is 10.3. The van der Waals surface area contributed by atoms with Gasteiger partial charge in [-0.15, -0.1) is 0 Å². The van der Waals surface area contributed by atoms with Crippen molar-refractivity contribution in [3.8, 4) is 0 Å². The minimum absolute atomic E-state index is 0.238. The van der Waals surface area contributed by atoms with Gasteiger partial charge in [-0.2, -0.15) is 0 Å². The molecule has 0 bridgehead atoms. The summed E-state index contributed by atoms with van der Waals surface area (Å²) in [5.74, 6) is -0.238. The van der Waals surface area contributed by atoms with E-state index in [0.29, 0.717) is 0 Å². The highest BCUT2D eigenvalue weighted by Crippen LogP contribution is 2.20. The van der Waals surface area contributed by atoms with Crippen molar-refractivity contribution in [2.24, 2.45) is 12.0 Å². The molecule has 0 unspecified atom stereocenters. The number of aryl methyl sites for hydroxylation is 2. The van der Waals surface area contributed by atoms with E-state index < -0.39 is 0 Å². The van der Waals surface area contributed by atoms with Gasteiger partial charge in [0.15, 0.2) is 0 Å². The molecular formula is C18H22N2O2. The molecule has 1 aromatic carbocycles. The summed E-state index contributed by atoms with van der Waals surface area (Å²) in [7, 11) is 5.16. The van der Waals surface area contributed by atoms with Crippen molar-refractivity contribution in [3.63, 3.8) is 0 Å².